The Morgan fingerprint density at radius 3 is 2.21 bits per heavy atom. The van der Waals surface area contributed by atoms with Gasteiger partial charge in [-0.2, -0.15) is 0 Å². The summed E-state index contributed by atoms with van der Waals surface area (Å²) in [5.41, 5.74) is 8.09. The van der Waals surface area contributed by atoms with Gasteiger partial charge >= 0.3 is 11.9 Å². The predicted molar refractivity (Wildman–Crippen MR) is 153 cm³/mol. The van der Waals surface area contributed by atoms with Crippen LogP contribution in [0.1, 0.15) is 62.0 Å². The van der Waals surface area contributed by atoms with Gasteiger partial charge < -0.3 is 25.8 Å². The van der Waals surface area contributed by atoms with Gasteiger partial charge in [0.15, 0.2) is 12.1 Å². The first-order valence-corrected chi connectivity index (χ1v) is 14.3. The van der Waals surface area contributed by atoms with Crippen molar-refractivity contribution in [1.82, 2.24) is 40.2 Å². The summed E-state index contributed by atoms with van der Waals surface area (Å²) in [5, 5.41) is 30.0. The van der Waals surface area contributed by atoms with Crippen LogP contribution in [-0.2, 0) is 14.3 Å². The van der Waals surface area contributed by atoms with Crippen LogP contribution in [0.5, 0.6) is 0 Å². The van der Waals surface area contributed by atoms with E-state index < -0.39 is 24.0 Å². The fourth-order valence-electron chi connectivity index (χ4n) is 5.02. The van der Waals surface area contributed by atoms with E-state index >= 15 is 0 Å². The zero-order valence-electron chi connectivity index (χ0n) is 24.3. The lowest BCUT2D eigenvalue weighted by atomic mass is 9.99. The average Bonchev–Trinajstić information content (AvgIpc) is 3.69. The van der Waals surface area contributed by atoms with Crippen LogP contribution in [0.15, 0.2) is 30.6 Å². The van der Waals surface area contributed by atoms with Crippen molar-refractivity contribution in [2.45, 2.75) is 51.6 Å². The molecule has 3 aromatic rings. The van der Waals surface area contributed by atoms with Gasteiger partial charge in [0.2, 0.25) is 0 Å². The van der Waals surface area contributed by atoms with Crippen LogP contribution in [0.4, 0.5) is 0 Å². The van der Waals surface area contributed by atoms with E-state index in [1.54, 1.807) is 35.5 Å². The molecule has 1 aliphatic rings. The molecule has 1 aromatic carbocycles. The number of unbranched alkanes of at least 4 members (excludes halogenated alkanes) is 1. The van der Waals surface area contributed by atoms with Crippen molar-refractivity contribution >= 4 is 17.8 Å². The van der Waals surface area contributed by atoms with Crippen LogP contribution >= 0.6 is 0 Å². The van der Waals surface area contributed by atoms with Crippen molar-refractivity contribution in [3.8, 4) is 22.5 Å². The van der Waals surface area contributed by atoms with Gasteiger partial charge in [0.05, 0.1) is 19.5 Å². The number of hydrogen-bond acceptors (Lipinski definition) is 10. The zero-order chi connectivity index (χ0) is 30.2. The highest BCUT2D eigenvalue weighted by Gasteiger charge is 2.28. The fourth-order valence-corrected chi connectivity index (χ4v) is 5.02. The van der Waals surface area contributed by atoms with E-state index in [0.717, 1.165) is 6.42 Å². The maximum atomic E-state index is 13.6. The van der Waals surface area contributed by atoms with Crippen LogP contribution < -0.4 is 11.1 Å². The molecule has 4 rings (SSSR count). The second-order valence-electron chi connectivity index (χ2n) is 10.5. The molecule has 4 N–H and O–H groups in total. The lowest BCUT2D eigenvalue weighted by molar-refractivity contribution is -0.145. The number of carbonyl (C=O) groups excluding carboxylic acids is 2. The number of hydrogen-bond donors (Lipinski definition) is 3. The molecule has 1 amide bonds. The standard InChI is InChI=1S/C28H39N9O5/c1-4-18(2)25(27(39)40)37-17-23(32-34-37)20-13-19(14-21(15-20)26(38)35-11-9-30-10-12-35)22-16-36(33-31-22)24(28(41)42-3)7-5-6-8-29/h13-18,24-25,30H,4-12,29H2,1-3H3,(H,39,40)/t18-,24-,25?/m0/s1. The summed E-state index contributed by atoms with van der Waals surface area (Å²) >= 11 is 0. The molecule has 0 aliphatic carbocycles. The average molecular weight is 582 g/mol. The summed E-state index contributed by atoms with van der Waals surface area (Å²) in [6.45, 7) is 6.84. The van der Waals surface area contributed by atoms with Crippen molar-refractivity contribution in [3.63, 3.8) is 0 Å². The highest BCUT2D eigenvalue weighted by Crippen LogP contribution is 2.29. The van der Waals surface area contributed by atoms with Gasteiger partial charge in [-0.1, -0.05) is 30.7 Å². The van der Waals surface area contributed by atoms with Crippen molar-refractivity contribution in [2.24, 2.45) is 11.7 Å². The number of aliphatic carboxylic acids is 1. The molecule has 14 nitrogen and oxygen atoms in total. The number of piperazine rings is 1. The van der Waals surface area contributed by atoms with Crippen LogP contribution in [0.3, 0.4) is 0 Å². The Morgan fingerprint density at radius 1 is 1.02 bits per heavy atom. The fraction of sp³-hybridized carbons (Fsp3) is 0.536. The van der Waals surface area contributed by atoms with Crippen LogP contribution in [0, 0.1) is 5.92 Å². The molecule has 226 valence electrons. The number of ether oxygens (including phenoxy) is 1. The number of nitrogens with two attached hydrogens (primary N) is 1. The molecule has 3 heterocycles. The SMILES string of the molecule is CC[C@H](C)C(C(=O)O)n1cc(-c2cc(C(=O)N3CCNCC3)cc(-c3cn([C@@H](CCCCN)C(=O)OC)nn3)c2)nn1. The van der Waals surface area contributed by atoms with E-state index in [1.807, 2.05) is 13.8 Å². The number of nitrogens with one attached hydrogen (secondary N) is 1. The van der Waals surface area contributed by atoms with E-state index in [9.17, 15) is 19.5 Å². The molecule has 0 radical (unpaired) electrons. The molecular weight excluding hydrogens is 542 g/mol. The van der Waals surface area contributed by atoms with E-state index in [0.29, 0.717) is 80.1 Å². The molecule has 3 atom stereocenters. The lowest BCUT2D eigenvalue weighted by Gasteiger charge is -2.27. The quantitative estimate of drug-likeness (QED) is 0.197. The Balaban J connectivity index is 1.74. The summed E-state index contributed by atoms with van der Waals surface area (Å²) in [7, 11) is 1.33. The van der Waals surface area contributed by atoms with Gasteiger partial charge in [0.25, 0.3) is 5.91 Å². The van der Waals surface area contributed by atoms with Gasteiger partial charge in [0.1, 0.15) is 11.4 Å². The Morgan fingerprint density at radius 2 is 1.64 bits per heavy atom. The number of methoxy groups -OCH3 is 1. The smallest absolute Gasteiger partial charge is 0.330 e. The van der Waals surface area contributed by atoms with Gasteiger partial charge in [-0.05, 0) is 49.9 Å². The van der Waals surface area contributed by atoms with Gasteiger partial charge in [-0.15, -0.1) is 10.2 Å². The number of carboxylic acid groups (broad SMARTS) is 1. The number of carboxylic acids is 1. The monoisotopic (exact) mass is 581 g/mol. The first-order valence-electron chi connectivity index (χ1n) is 14.3. The minimum Gasteiger partial charge on any atom is -0.480 e. The maximum Gasteiger partial charge on any atom is 0.330 e. The predicted octanol–water partition coefficient (Wildman–Crippen LogP) is 1.76. The number of carbonyl (C=O) groups is 3. The second kappa shape index (κ2) is 14.1. The van der Waals surface area contributed by atoms with Crippen LogP contribution in [0.2, 0.25) is 0 Å². The molecular formula is C28H39N9O5. The molecule has 0 spiro atoms. The lowest BCUT2D eigenvalue weighted by Crippen LogP contribution is -2.46. The molecule has 0 saturated carbocycles. The van der Waals surface area contributed by atoms with E-state index in [2.05, 4.69) is 25.9 Å². The van der Waals surface area contributed by atoms with Crippen LogP contribution in [-0.4, -0.2) is 97.7 Å². The normalized spacial score (nSPS) is 15.7. The first kappa shape index (κ1) is 30.8. The van der Waals surface area contributed by atoms with E-state index in [1.165, 1.54) is 16.5 Å². The molecule has 1 saturated heterocycles. The summed E-state index contributed by atoms with van der Waals surface area (Å²) in [6.07, 6.45) is 5.86. The van der Waals surface area contributed by atoms with Crippen molar-refractivity contribution in [1.29, 1.82) is 0 Å². The number of aromatic nitrogens is 6. The maximum absolute atomic E-state index is 13.6. The minimum absolute atomic E-state index is 0.142. The number of rotatable bonds is 13. The molecule has 2 aromatic heterocycles. The van der Waals surface area contributed by atoms with E-state index in [-0.39, 0.29) is 11.8 Å². The first-order chi connectivity index (χ1) is 20.3. The summed E-state index contributed by atoms with van der Waals surface area (Å²) < 4.78 is 7.83. The second-order valence-corrected chi connectivity index (χ2v) is 10.5. The molecule has 1 aliphatic heterocycles. The Labute approximate surface area is 244 Å². The minimum atomic E-state index is -0.993. The molecule has 14 heteroatoms. The number of amides is 1. The molecule has 0 bridgehead atoms. The highest BCUT2D eigenvalue weighted by atomic mass is 16.5. The van der Waals surface area contributed by atoms with Crippen molar-refractivity contribution < 1.29 is 24.2 Å². The molecule has 1 unspecified atom stereocenters. The zero-order valence-corrected chi connectivity index (χ0v) is 24.3. The molecule has 1 fully saturated rings. The summed E-state index contributed by atoms with van der Waals surface area (Å²) in [5.74, 6) is -1.74. The Bertz CT molecular complexity index is 1380. The molecule has 42 heavy (non-hydrogen) atoms. The highest BCUT2D eigenvalue weighted by molar-refractivity contribution is 5.97. The van der Waals surface area contributed by atoms with Crippen molar-refractivity contribution in [3.05, 3.63) is 36.2 Å². The third kappa shape index (κ3) is 6.99. The van der Waals surface area contributed by atoms with Crippen LogP contribution in [0.25, 0.3) is 22.5 Å². The Kier molecular flexibility index (Phi) is 10.4. The number of benzene rings is 1. The number of esters is 1. The van der Waals surface area contributed by atoms with Gasteiger partial charge in [-0.3, -0.25) is 4.79 Å². The summed E-state index contributed by atoms with van der Waals surface area (Å²) in [6, 6.07) is 3.73. The largest absolute Gasteiger partial charge is 0.480 e. The third-order valence-electron chi connectivity index (χ3n) is 7.64. The summed E-state index contributed by atoms with van der Waals surface area (Å²) in [4.78, 5) is 39.9. The Hall–Kier alpha value is -4.17. The van der Waals surface area contributed by atoms with E-state index in [4.69, 9.17) is 10.5 Å². The third-order valence-corrected chi connectivity index (χ3v) is 7.64. The topological polar surface area (TPSA) is 183 Å². The van der Waals surface area contributed by atoms with Gasteiger partial charge in [-0.25, -0.2) is 19.0 Å². The number of nitrogens with zero attached hydrogens (tertiary/aromatic N) is 7. The van der Waals surface area contributed by atoms with Gasteiger partial charge in [0, 0.05) is 42.9 Å². The van der Waals surface area contributed by atoms with Crippen molar-refractivity contribution in [2.75, 3.05) is 39.8 Å².